The zero-order valence-electron chi connectivity index (χ0n) is 19.9. The van der Waals surface area contributed by atoms with E-state index in [-0.39, 0.29) is 0 Å². The highest BCUT2D eigenvalue weighted by Crippen LogP contribution is 2.40. The van der Waals surface area contributed by atoms with Crippen molar-refractivity contribution in [2.75, 3.05) is 11.9 Å². The minimum absolute atomic E-state index is 0.347. The zero-order chi connectivity index (χ0) is 25.5. The third kappa shape index (κ3) is 5.70. The number of aromatic nitrogens is 2. The Morgan fingerprint density at radius 1 is 1.26 bits per heavy atom. The smallest absolute Gasteiger partial charge is 0.421 e. The first-order valence-electron chi connectivity index (χ1n) is 11.1. The van der Waals surface area contributed by atoms with Gasteiger partial charge in [-0.05, 0) is 63.3 Å². The maximum atomic E-state index is 12.7. The van der Waals surface area contributed by atoms with Gasteiger partial charge in [0.2, 0.25) is 0 Å². The number of pyridine rings is 1. The molecule has 0 atom stereocenters. The van der Waals surface area contributed by atoms with Gasteiger partial charge in [-0.1, -0.05) is 6.07 Å². The lowest BCUT2D eigenvalue weighted by Crippen LogP contribution is -2.36. The van der Waals surface area contributed by atoms with Gasteiger partial charge in [-0.3, -0.25) is 10.1 Å². The lowest BCUT2D eigenvalue weighted by Gasteiger charge is -2.20. The summed E-state index contributed by atoms with van der Waals surface area (Å²) in [6, 6.07) is 7.76. The lowest BCUT2D eigenvalue weighted by atomic mass is 10.2. The number of nitro groups is 1. The van der Waals surface area contributed by atoms with Crippen LogP contribution in [0, 0.1) is 10.1 Å². The van der Waals surface area contributed by atoms with E-state index in [0.29, 0.717) is 18.2 Å². The molecular formula is C23H27N5O6S. The number of amides is 1. The number of hydrogen-bond donors (Lipinski definition) is 1. The first kappa shape index (κ1) is 24.5. The molecule has 1 aliphatic rings. The van der Waals surface area contributed by atoms with Crippen LogP contribution in [0.3, 0.4) is 0 Å². The molecule has 1 saturated carbocycles. The molecule has 1 fully saturated rings. The number of nitrogens with one attached hydrogen (secondary N) is 1. The molecule has 0 radical (unpaired) electrons. The lowest BCUT2D eigenvalue weighted by molar-refractivity contribution is -0.387. The van der Waals surface area contributed by atoms with Gasteiger partial charge in [0.1, 0.15) is 11.2 Å². The van der Waals surface area contributed by atoms with Crippen LogP contribution in [0.5, 0.6) is 0 Å². The van der Waals surface area contributed by atoms with Crippen molar-refractivity contribution in [1.82, 2.24) is 14.1 Å². The van der Waals surface area contributed by atoms with Gasteiger partial charge in [0.25, 0.3) is 15.7 Å². The molecular weight excluding hydrogens is 474 g/mol. The molecule has 3 aromatic rings. The molecule has 0 unspecified atom stereocenters. The van der Waals surface area contributed by atoms with Crippen molar-refractivity contribution in [1.29, 1.82) is 0 Å². The fraction of sp³-hybridized carbons (Fsp3) is 0.391. The van der Waals surface area contributed by atoms with Crippen molar-refractivity contribution >= 4 is 33.1 Å². The number of sulfonamides is 1. The van der Waals surface area contributed by atoms with E-state index in [9.17, 15) is 23.3 Å². The molecule has 186 valence electrons. The summed E-state index contributed by atoms with van der Waals surface area (Å²) in [6.07, 6.45) is 5.17. The number of nitrogens with zero attached hydrogens (tertiary/aromatic N) is 4. The predicted octanol–water partition coefficient (Wildman–Crippen LogP) is 3.97. The summed E-state index contributed by atoms with van der Waals surface area (Å²) in [4.78, 5) is 28.5. The third-order valence-electron chi connectivity index (χ3n) is 5.46. The highest BCUT2D eigenvalue weighted by Gasteiger charge is 2.30. The molecule has 4 rings (SSSR count). The normalized spacial score (nSPS) is 14.1. The Labute approximate surface area is 202 Å². The molecule has 0 aliphatic heterocycles. The summed E-state index contributed by atoms with van der Waals surface area (Å²) in [7, 11) is -2.80. The molecule has 2 heterocycles. The van der Waals surface area contributed by atoms with Crippen LogP contribution in [0.15, 0.2) is 47.6 Å². The maximum Gasteiger partial charge on any atom is 0.421 e. The Balaban J connectivity index is 1.55. The van der Waals surface area contributed by atoms with E-state index in [1.165, 1.54) is 24.5 Å². The molecule has 2 aromatic heterocycles. The summed E-state index contributed by atoms with van der Waals surface area (Å²) in [5.74, 6) is 0.619. The van der Waals surface area contributed by atoms with Crippen LogP contribution in [0.25, 0.3) is 5.65 Å². The molecule has 1 aliphatic carbocycles. The van der Waals surface area contributed by atoms with Crippen LogP contribution < -0.4 is 9.62 Å². The van der Waals surface area contributed by atoms with Gasteiger partial charge in [-0.25, -0.2) is 22.9 Å². The minimum atomic E-state index is -4.53. The topological polar surface area (TPSA) is 136 Å². The SMILES string of the molecule is CN(Cc1cn2cc(C3CC3)ccc2n1)c1ccc(S(=O)(=O)NC(=O)OC(C)(C)C)c([N+](=O)[O-])c1. The molecule has 0 bridgehead atoms. The fourth-order valence-electron chi connectivity index (χ4n) is 3.71. The summed E-state index contributed by atoms with van der Waals surface area (Å²) in [6.45, 7) is 5.06. The van der Waals surface area contributed by atoms with E-state index in [0.717, 1.165) is 23.5 Å². The van der Waals surface area contributed by atoms with Crippen LogP contribution >= 0.6 is 0 Å². The van der Waals surface area contributed by atoms with Crippen molar-refractivity contribution in [3.05, 3.63) is 64.1 Å². The molecule has 1 aromatic carbocycles. The Kier molecular flexibility index (Phi) is 6.18. The largest absolute Gasteiger partial charge is 0.443 e. The van der Waals surface area contributed by atoms with Crippen LogP contribution in [0.4, 0.5) is 16.2 Å². The molecule has 12 heteroatoms. The minimum Gasteiger partial charge on any atom is -0.443 e. The summed E-state index contributed by atoms with van der Waals surface area (Å²) in [5, 5.41) is 11.7. The standard InChI is InChI=1S/C23H27N5O6S/c1-23(2,3)34-22(29)25-35(32,33)20-9-8-18(11-19(20)28(30)31)26(4)13-17-14-27-12-16(15-5-6-15)7-10-21(27)24-17/h7-12,14-15H,5-6,13H2,1-4H3,(H,25,29). The van der Waals surface area contributed by atoms with Gasteiger partial charge in [0, 0.05) is 31.2 Å². The third-order valence-corrected chi connectivity index (χ3v) is 6.82. The van der Waals surface area contributed by atoms with E-state index in [4.69, 9.17) is 4.74 Å². The number of hydrogen-bond acceptors (Lipinski definition) is 8. The Morgan fingerprint density at radius 2 is 1.97 bits per heavy atom. The number of carbonyl (C=O) groups excluding carboxylic acids is 1. The number of anilines is 1. The Hall–Kier alpha value is -3.67. The summed E-state index contributed by atoms with van der Waals surface area (Å²) in [5.41, 5.74) is 1.67. The first-order chi connectivity index (χ1) is 16.3. The van der Waals surface area contributed by atoms with E-state index in [1.54, 1.807) is 37.4 Å². The van der Waals surface area contributed by atoms with Crippen molar-refractivity contribution in [2.45, 2.75) is 56.6 Å². The van der Waals surface area contributed by atoms with Crippen LogP contribution in [0.1, 0.15) is 50.8 Å². The summed E-state index contributed by atoms with van der Waals surface area (Å²) < 4.78 is 34.0. The Bertz CT molecular complexity index is 1410. The van der Waals surface area contributed by atoms with Crippen molar-refractivity contribution in [3.8, 4) is 0 Å². The second-order valence-corrected chi connectivity index (χ2v) is 11.3. The van der Waals surface area contributed by atoms with Crippen molar-refractivity contribution in [3.63, 3.8) is 0 Å². The number of ether oxygens (including phenoxy) is 1. The Morgan fingerprint density at radius 3 is 2.60 bits per heavy atom. The number of imidazole rings is 1. The van der Waals surface area contributed by atoms with Gasteiger partial charge in [-0.15, -0.1) is 0 Å². The second-order valence-electron chi connectivity index (χ2n) is 9.61. The van der Waals surface area contributed by atoms with Gasteiger partial charge in [0.15, 0.2) is 4.90 Å². The van der Waals surface area contributed by atoms with Crippen LogP contribution in [0.2, 0.25) is 0 Å². The van der Waals surface area contributed by atoms with Gasteiger partial charge in [0.05, 0.1) is 17.2 Å². The molecule has 0 saturated heterocycles. The number of benzene rings is 1. The van der Waals surface area contributed by atoms with Crippen molar-refractivity contribution in [2.24, 2.45) is 0 Å². The van der Waals surface area contributed by atoms with E-state index >= 15 is 0 Å². The first-order valence-corrected chi connectivity index (χ1v) is 12.5. The zero-order valence-corrected chi connectivity index (χ0v) is 20.7. The predicted molar refractivity (Wildman–Crippen MR) is 129 cm³/mol. The highest BCUT2D eigenvalue weighted by atomic mass is 32.2. The number of rotatable bonds is 7. The fourth-order valence-corrected chi connectivity index (χ4v) is 4.73. The number of nitro benzene ring substituents is 1. The quantitative estimate of drug-likeness (QED) is 0.379. The van der Waals surface area contributed by atoms with Gasteiger partial charge < -0.3 is 14.0 Å². The van der Waals surface area contributed by atoms with Gasteiger partial charge in [-0.2, -0.15) is 0 Å². The average Bonchev–Trinajstić information content (AvgIpc) is 3.51. The average molecular weight is 502 g/mol. The van der Waals surface area contributed by atoms with Crippen LogP contribution in [-0.4, -0.2) is 41.5 Å². The number of carbonyl (C=O) groups is 1. The number of fused-ring (bicyclic) bond motifs is 1. The molecule has 11 nitrogen and oxygen atoms in total. The van der Waals surface area contributed by atoms with Gasteiger partial charge >= 0.3 is 6.09 Å². The molecule has 1 N–H and O–H groups in total. The van der Waals surface area contributed by atoms with Crippen molar-refractivity contribution < 1.29 is 22.9 Å². The van der Waals surface area contributed by atoms with E-state index < -0.39 is 37.2 Å². The molecule has 0 spiro atoms. The van der Waals surface area contributed by atoms with Crippen LogP contribution in [-0.2, 0) is 21.3 Å². The summed E-state index contributed by atoms with van der Waals surface area (Å²) >= 11 is 0. The van der Waals surface area contributed by atoms with E-state index in [1.807, 2.05) is 16.7 Å². The molecule has 35 heavy (non-hydrogen) atoms. The van der Waals surface area contributed by atoms with E-state index in [2.05, 4.69) is 17.2 Å². The maximum absolute atomic E-state index is 12.7. The second kappa shape index (κ2) is 8.84. The highest BCUT2D eigenvalue weighted by molar-refractivity contribution is 7.90. The monoisotopic (exact) mass is 501 g/mol. The molecule has 1 amide bonds.